The zero-order chi connectivity index (χ0) is 14.4. The first kappa shape index (κ1) is 14.6. The van der Waals surface area contributed by atoms with Gasteiger partial charge in [-0.15, -0.1) is 0 Å². The van der Waals surface area contributed by atoms with Crippen LogP contribution in [-0.2, 0) is 13.1 Å². The predicted octanol–water partition coefficient (Wildman–Crippen LogP) is 2.75. The lowest BCUT2D eigenvalue weighted by Gasteiger charge is -2.07. The monoisotopic (exact) mass is 273 g/mol. The number of hydrogen-bond acceptors (Lipinski definition) is 3. The molecule has 0 aliphatic carbocycles. The Hall–Kier alpha value is -1.81. The predicted molar refractivity (Wildman–Crippen MR) is 81.1 cm³/mol. The number of rotatable bonds is 7. The molecule has 2 aromatic rings. The van der Waals surface area contributed by atoms with Crippen molar-refractivity contribution in [2.45, 2.75) is 33.4 Å². The van der Waals surface area contributed by atoms with E-state index in [1.807, 2.05) is 19.1 Å². The van der Waals surface area contributed by atoms with Crippen LogP contribution >= 0.6 is 0 Å². The van der Waals surface area contributed by atoms with E-state index in [0.29, 0.717) is 0 Å². The molecule has 0 spiro atoms. The van der Waals surface area contributed by atoms with E-state index in [9.17, 15) is 0 Å². The Labute approximate surface area is 120 Å². The van der Waals surface area contributed by atoms with Crippen molar-refractivity contribution in [2.24, 2.45) is 0 Å². The standard InChI is InChI=1S/C16H23N3O/c1-4-6-17-10-14-5-7-19(11-14)12-15-9-16(20-3)8-13(2)18-15/h5,7-9,11,17H,4,6,10,12H2,1-3H3. The number of pyridine rings is 1. The van der Waals surface area contributed by atoms with Crippen LogP contribution in [0.15, 0.2) is 30.6 Å². The second-order valence-corrected chi connectivity index (χ2v) is 5.01. The average molecular weight is 273 g/mol. The van der Waals surface area contributed by atoms with Gasteiger partial charge in [0.15, 0.2) is 0 Å². The second kappa shape index (κ2) is 7.10. The Balaban J connectivity index is 2.01. The molecule has 0 unspecified atom stereocenters. The van der Waals surface area contributed by atoms with Gasteiger partial charge in [0.1, 0.15) is 5.75 Å². The highest BCUT2D eigenvalue weighted by Crippen LogP contribution is 2.14. The first-order chi connectivity index (χ1) is 9.71. The molecular formula is C16H23N3O. The fourth-order valence-corrected chi connectivity index (χ4v) is 2.19. The van der Waals surface area contributed by atoms with Gasteiger partial charge in [0.05, 0.1) is 19.3 Å². The van der Waals surface area contributed by atoms with Crippen molar-refractivity contribution in [3.63, 3.8) is 0 Å². The van der Waals surface area contributed by atoms with Gasteiger partial charge in [-0.2, -0.15) is 0 Å². The summed E-state index contributed by atoms with van der Waals surface area (Å²) in [6.07, 6.45) is 5.42. The van der Waals surface area contributed by atoms with Crippen LogP contribution < -0.4 is 10.1 Å². The number of ether oxygens (including phenoxy) is 1. The summed E-state index contributed by atoms with van der Waals surface area (Å²) in [4.78, 5) is 4.55. The molecule has 108 valence electrons. The van der Waals surface area contributed by atoms with Gasteiger partial charge in [-0.3, -0.25) is 4.98 Å². The molecule has 0 fully saturated rings. The van der Waals surface area contributed by atoms with Gasteiger partial charge in [0, 0.05) is 36.8 Å². The minimum Gasteiger partial charge on any atom is -0.497 e. The Kier molecular flexibility index (Phi) is 5.18. The Morgan fingerprint density at radius 3 is 2.95 bits per heavy atom. The van der Waals surface area contributed by atoms with Gasteiger partial charge in [0.25, 0.3) is 0 Å². The van der Waals surface area contributed by atoms with Gasteiger partial charge in [0.2, 0.25) is 0 Å². The highest BCUT2D eigenvalue weighted by Gasteiger charge is 2.03. The minimum absolute atomic E-state index is 0.770. The molecule has 0 radical (unpaired) electrons. The molecule has 0 aliphatic rings. The van der Waals surface area contributed by atoms with Gasteiger partial charge in [-0.1, -0.05) is 6.92 Å². The maximum absolute atomic E-state index is 5.28. The third-order valence-electron chi connectivity index (χ3n) is 3.13. The Morgan fingerprint density at radius 2 is 2.20 bits per heavy atom. The van der Waals surface area contributed by atoms with Crippen LogP contribution in [-0.4, -0.2) is 23.2 Å². The molecule has 0 saturated carbocycles. The first-order valence-electron chi connectivity index (χ1n) is 7.08. The van der Waals surface area contributed by atoms with Crippen molar-refractivity contribution in [3.8, 4) is 5.75 Å². The molecule has 0 atom stereocenters. The lowest BCUT2D eigenvalue weighted by molar-refractivity contribution is 0.413. The van der Waals surface area contributed by atoms with E-state index in [0.717, 1.165) is 43.2 Å². The van der Waals surface area contributed by atoms with E-state index in [1.165, 1.54) is 5.56 Å². The van der Waals surface area contributed by atoms with Crippen molar-refractivity contribution in [1.82, 2.24) is 14.9 Å². The van der Waals surface area contributed by atoms with Crippen LogP contribution in [0.2, 0.25) is 0 Å². The number of nitrogens with zero attached hydrogens (tertiary/aromatic N) is 2. The molecule has 1 N–H and O–H groups in total. The molecule has 2 rings (SSSR count). The number of aromatic nitrogens is 2. The largest absolute Gasteiger partial charge is 0.497 e. The van der Waals surface area contributed by atoms with E-state index in [-0.39, 0.29) is 0 Å². The van der Waals surface area contributed by atoms with Crippen LogP contribution in [0.1, 0.15) is 30.3 Å². The summed E-state index contributed by atoms with van der Waals surface area (Å²) in [7, 11) is 1.69. The van der Waals surface area contributed by atoms with Crippen molar-refractivity contribution >= 4 is 0 Å². The topological polar surface area (TPSA) is 39.1 Å². The third kappa shape index (κ3) is 4.10. The van der Waals surface area contributed by atoms with E-state index >= 15 is 0 Å². The number of hydrogen-bond donors (Lipinski definition) is 1. The maximum Gasteiger partial charge on any atom is 0.122 e. The molecule has 4 heteroatoms. The van der Waals surface area contributed by atoms with Crippen LogP contribution in [0.25, 0.3) is 0 Å². The summed E-state index contributed by atoms with van der Waals surface area (Å²) < 4.78 is 7.44. The van der Waals surface area contributed by atoms with Crippen molar-refractivity contribution in [2.75, 3.05) is 13.7 Å². The number of methoxy groups -OCH3 is 1. The third-order valence-corrected chi connectivity index (χ3v) is 3.13. The lowest BCUT2D eigenvalue weighted by atomic mass is 10.3. The summed E-state index contributed by atoms with van der Waals surface area (Å²) in [5.74, 6) is 0.865. The molecular weight excluding hydrogens is 250 g/mol. The van der Waals surface area contributed by atoms with Crippen LogP contribution in [0.5, 0.6) is 5.75 Å². The summed E-state index contributed by atoms with van der Waals surface area (Å²) in [5.41, 5.74) is 3.31. The zero-order valence-electron chi connectivity index (χ0n) is 12.5. The molecule has 2 aromatic heterocycles. The van der Waals surface area contributed by atoms with Gasteiger partial charge in [-0.05, 0) is 31.5 Å². The molecule has 0 amide bonds. The number of aryl methyl sites for hydroxylation is 1. The van der Waals surface area contributed by atoms with Crippen molar-refractivity contribution < 1.29 is 4.74 Å². The molecule has 0 bridgehead atoms. The molecule has 0 saturated heterocycles. The molecule has 2 heterocycles. The van der Waals surface area contributed by atoms with Crippen LogP contribution in [0.4, 0.5) is 0 Å². The maximum atomic E-state index is 5.28. The normalized spacial score (nSPS) is 10.8. The smallest absolute Gasteiger partial charge is 0.122 e. The van der Waals surface area contributed by atoms with Gasteiger partial charge in [-0.25, -0.2) is 0 Å². The van der Waals surface area contributed by atoms with E-state index < -0.39 is 0 Å². The lowest BCUT2D eigenvalue weighted by Crippen LogP contribution is -2.13. The van der Waals surface area contributed by atoms with E-state index in [4.69, 9.17) is 4.74 Å². The van der Waals surface area contributed by atoms with Crippen molar-refractivity contribution in [1.29, 1.82) is 0 Å². The van der Waals surface area contributed by atoms with E-state index in [2.05, 4.69) is 40.3 Å². The SMILES string of the molecule is CCCNCc1ccn(Cc2cc(OC)cc(C)n2)c1. The molecule has 20 heavy (non-hydrogen) atoms. The second-order valence-electron chi connectivity index (χ2n) is 5.01. The summed E-state index contributed by atoms with van der Waals surface area (Å²) in [6.45, 7) is 6.91. The van der Waals surface area contributed by atoms with Crippen molar-refractivity contribution in [3.05, 3.63) is 47.5 Å². The molecule has 4 nitrogen and oxygen atoms in total. The highest BCUT2D eigenvalue weighted by atomic mass is 16.5. The summed E-state index contributed by atoms with van der Waals surface area (Å²) >= 11 is 0. The fourth-order valence-electron chi connectivity index (χ4n) is 2.19. The number of nitrogens with one attached hydrogen (secondary N) is 1. The molecule has 0 aromatic carbocycles. The first-order valence-corrected chi connectivity index (χ1v) is 7.08. The summed E-state index contributed by atoms with van der Waals surface area (Å²) in [6, 6.07) is 6.08. The van der Waals surface area contributed by atoms with E-state index in [1.54, 1.807) is 7.11 Å². The molecule has 0 aliphatic heterocycles. The Morgan fingerprint density at radius 1 is 1.35 bits per heavy atom. The quantitative estimate of drug-likeness (QED) is 0.788. The highest BCUT2D eigenvalue weighted by molar-refractivity contribution is 5.27. The summed E-state index contributed by atoms with van der Waals surface area (Å²) in [5, 5.41) is 3.41. The zero-order valence-corrected chi connectivity index (χ0v) is 12.5. The van der Waals surface area contributed by atoms with Crippen LogP contribution in [0, 0.1) is 6.92 Å². The fraction of sp³-hybridized carbons (Fsp3) is 0.438. The van der Waals surface area contributed by atoms with Gasteiger partial charge >= 0.3 is 0 Å². The van der Waals surface area contributed by atoms with Gasteiger partial charge < -0.3 is 14.6 Å². The van der Waals surface area contributed by atoms with Crippen LogP contribution in [0.3, 0.4) is 0 Å². The minimum atomic E-state index is 0.770. The Bertz CT molecular complexity index is 548. The average Bonchev–Trinajstić information content (AvgIpc) is 2.86.